The van der Waals surface area contributed by atoms with Crippen molar-refractivity contribution in [2.75, 3.05) is 18.5 Å². The zero-order chi connectivity index (χ0) is 12.0. The van der Waals surface area contributed by atoms with E-state index >= 15 is 0 Å². The number of pyridine rings is 1. The first-order valence-corrected chi connectivity index (χ1v) is 6.07. The first-order chi connectivity index (χ1) is 7.65. The van der Waals surface area contributed by atoms with Gasteiger partial charge in [-0.2, -0.15) is 0 Å². The van der Waals surface area contributed by atoms with Gasteiger partial charge in [-0.25, -0.2) is 4.98 Å². The maximum absolute atomic E-state index is 5.72. The lowest BCUT2D eigenvalue weighted by Gasteiger charge is -2.20. The van der Waals surface area contributed by atoms with Gasteiger partial charge in [0.15, 0.2) is 5.11 Å². The Bertz CT molecular complexity index is 340. The molecular formula is C11H16ClN3S. The highest BCUT2D eigenvalue weighted by Crippen LogP contribution is 2.13. The Morgan fingerprint density at radius 2 is 2.31 bits per heavy atom. The zero-order valence-corrected chi connectivity index (χ0v) is 11.1. The minimum Gasteiger partial charge on any atom is -0.362 e. The molecule has 0 aliphatic carbocycles. The van der Waals surface area contributed by atoms with Crippen LogP contribution in [0.2, 0.25) is 5.15 Å². The molecule has 1 aromatic heterocycles. The fourth-order valence-corrected chi connectivity index (χ4v) is 1.49. The number of halogens is 1. The number of hydrogen-bond donors (Lipinski definition) is 1. The van der Waals surface area contributed by atoms with Gasteiger partial charge in [0.1, 0.15) is 5.15 Å². The molecule has 1 N–H and O–H groups in total. The van der Waals surface area contributed by atoms with Crippen molar-refractivity contribution >= 4 is 34.6 Å². The van der Waals surface area contributed by atoms with Crippen molar-refractivity contribution in [2.45, 2.75) is 19.8 Å². The van der Waals surface area contributed by atoms with Gasteiger partial charge in [0.2, 0.25) is 0 Å². The number of rotatable bonds is 4. The van der Waals surface area contributed by atoms with E-state index in [1.54, 1.807) is 12.3 Å². The van der Waals surface area contributed by atoms with E-state index in [-0.39, 0.29) is 0 Å². The van der Waals surface area contributed by atoms with E-state index in [0.29, 0.717) is 10.3 Å². The van der Waals surface area contributed by atoms with E-state index in [9.17, 15) is 0 Å². The third-order valence-electron chi connectivity index (χ3n) is 2.21. The van der Waals surface area contributed by atoms with Crippen LogP contribution in [0.3, 0.4) is 0 Å². The molecule has 0 saturated carbocycles. The molecule has 1 aromatic rings. The smallest absolute Gasteiger partial charge is 0.173 e. The summed E-state index contributed by atoms with van der Waals surface area (Å²) in [6.45, 7) is 3.05. The van der Waals surface area contributed by atoms with Gasteiger partial charge >= 0.3 is 0 Å². The van der Waals surface area contributed by atoms with E-state index in [2.05, 4.69) is 17.2 Å². The molecule has 0 amide bonds. The van der Waals surface area contributed by atoms with Gasteiger partial charge in [-0.05, 0) is 30.8 Å². The maximum atomic E-state index is 5.72. The van der Waals surface area contributed by atoms with Crippen molar-refractivity contribution < 1.29 is 0 Å². The van der Waals surface area contributed by atoms with Crippen molar-refractivity contribution in [1.82, 2.24) is 10.3 Å². The number of unbranched alkanes of at least 4 members (excludes halogenated alkanes) is 1. The van der Waals surface area contributed by atoms with E-state index in [1.165, 1.54) is 0 Å². The fourth-order valence-electron chi connectivity index (χ4n) is 1.17. The van der Waals surface area contributed by atoms with Gasteiger partial charge in [-0.1, -0.05) is 24.9 Å². The molecule has 16 heavy (non-hydrogen) atoms. The summed E-state index contributed by atoms with van der Waals surface area (Å²) in [4.78, 5) is 5.90. The predicted octanol–water partition coefficient (Wildman–Crippen LogP) is 2.85. The first kappa shape index (κ1) is 13.2. The molecular weight excluding hydrogens is 242 g/mol. The van der Waals surface area contributed by atoms with Crippen LogP contribution in [0.25, 0.3) is 0 Å². The summed E-state index contributed by atoms with van der Waals surface area (Å²) in [5.74, 6) is 0. The summed E-state index contributed by atoms with van der Waals surface area (Å²) < 4.78 is 0. The van der Waals surface area contributed by atoms with Crippen molar-refractivity contribution in [3.8, 4) is 0 Å². The van der Waals surface area contributed by atoms with Crippen LogP contribution in [0.1, 0.15) is 19.8 Å². The summed E-state index contributed by atoms with van der Waals surface area (Å²) in [5.41, 5.74) is 0.929. The van der Waals surface area contributed by atoms with Crippen molar-refractivity contribution in [3.63, 3.8) is 0 Å². The second kappa shape index (κ2) is 6.66. The van der Waals surface area contributed by atoms with Crippen molar-refractivity contribution in [1.29, 1.82) is 0 Å². The molecule has 0 aliphatic heterocycles. The SMILES string of the molecule is CCCCNC(=S)N(C)c1ccc(Cl)nc1. The van der Waals surface area contributed by atoms with Crippen LogP contribution in [0.4, 0.5) is 5.69 Å². The largest absolute Gasteiger partial charge is 0.362 e. The van der Waals surface area contributed by atoms with E-state index in [4.69, 9.17) is 23.8 Å². The summed E-state index contributed by atoms with van der Waals surface area (Å²) in [5, 5.41) is 4.39. The second-order valence-electron chi connectivity index (χ2n) is 3.48. The van der Waals surface area contributed by atoms with Gasteiger partial charge in [0.25, 0.3) is 0 Å². The van der Waals surface area contributed by atoms with Gasteiger partial charge in [-0.15, -0.1) is 0 Å². The van der Waals surface area contributed by atoms with Crippen molar-refractivity contribution in [2.24, 2.45) is 0 Å². The minimum absolute atomic E-state index is 0.488. The quantitative estimate of drug-likeness (QED) is 0.510. The Kier molecular flexibility index (Phi) is 5.49. The summed E-state index contributed by atoms with van der Waals surface area (Å²) in [6, 6.07) is 3.64. The molecule has 0 bridgehead atoms. The molecule has 0 unspecified atom stereocenters. The fraction of sp³-hybridized carbons (Fsp3) is 0.455. The summed E-state index contributed by atoms with van der Waals surface area (Å²) in [7, 11) is 1.91. The molecule has 0 spiro atoms. The molecule has 1 rings (SSSR count). The van der Waals surface area contributed by atoms with E-state index in [1.807, 2.05) is 18.0 Å². The van der Waals surface area contributed by atoms with Crippen LogP contribution in [0.5, 0.6) is 0 Å². The number of hydrogen-bond acceptors (Lipinski definition) is 2. The average Bonchev–Trinajstić information content (AvgIpc) is 2.29. The normalized spacial score (nSPS) is 9.94. The molecule has 88 valence electrons. The lowest BCUT2D eigenvalue weighted by atomic mass is 10.3. The number of anilines is 1. The Morgan fingerprint density at radius 1 is 1.56 bits per heavy atom. The van der Waals surface area contributed by atoms with Crippen LogP contribution in [-0.2, 0) is 0 Å². The van der Waals surface area contributed by atoms with Gasteiger partial charge < -0.3 is 10.2 Å². The van der Waals surface area contributed by atoms with Crippen LogP contribution < -0.4 is 10.2 Å². The Hall–Kier alpha value is -0.870. The Labute approximate surface area is 107 Å². The minimum atomic E-state index is 0.488. The van der Waals surface area contributed by atoms with Gasteiger partial charge in [-0.3, -0.25) is 0 Å². The second-order valence-corrected chi connectivity index (χ2v) is 4.26. The van der Waals surface area contributed by atoms with Crippen LogP contribution in [0.15, 0.2) is 18.3 Å². The number of nitrogens with zero attached hydrogens (tertiary/aromatic N) is 2. The Balaban J connectivity index is 2.53. The third kappa shape index (κ3) is 3.94. The van der Waals surface area contributed by atoms with Crippen molar-refractivity contribution in [3.05, 3.63) is 23.5 Å². The standard InChI is InChI=1S/C11H16ClN3S/c1-3-4-7-13-11(16)15(2)9-5-6-10(12)14-8-9/h5-6,8H,3-4,7H2,1-2H3,(H,13,16). The van der Waals surface area contributed by atoms with Gasteiger partial charge in [0, 0.05) is 13.6 Å². The highest BCUT2D eigenvalue weighted by molar-refractivity contribution is 7.80. The average molecular weight is 258 g/mol. The van der Waals surface area contributed by atoms with E-state index < -0.39 is 0 Å². The van der Waals surface area contributed by atoms with E-state index in [0.717, 1.165) is 25.1 Å². The predicted molar refractivity (Wildman–Crippen MR) is 73.2 cm³/mol. The molecule has 0 aliphatic rings. The van der Waals surface area contributed by atoms with Crippen LogP contribution in [-0.4, -0.2) is 23.7 Å². The first-order valence-electron chi connectivity index (χ1n) is 5.28. The number of nitrogens with one attached hydrogen (secondary N) is 1. The lowest BCUT2D eigenvalue weighted by molar-refractivity contribution is 0.754. The monoisotopic (exact) mass is 257 g/mol. The molecule has 0 fully saturated rings. The maximum Gasteiger partial charge on any atom is 0.173 e. The molecule has 1 heterocycles. The van der Waals surface area contributed by atoms with Crippen LogP contribution in [0, 0.1) is 0 Å². The van der Waals surface area contributed by atoms with Gasteiger partial charge in [0.05, 0.1) is 11.9 Å². The zero-order valence-electron chi connectivity index (χ0n) is 9.53. The summed E-state index contributed by atoms with van der Waals surface area (Å²) >= 11 is 11.0. The molecule has 0 radical (unpaired) electrons. The molecule has 5 heteroatoms. The molecule has 0 aromatic carbocycles. The topological polar surface area (TPSA) is 28.2 Å². The molecule has 0 saturated heterocycles. The number of thiocarbonyl (C=S) groups is 1. The molecule has 3 nitrogen and oxygen atoms in total. The third-order valence-corrected chi connectivity index (χ3v) is 2.85. The number of aromatic nitrogens is 1. The highest BCUT2D eigenvalue weighted by atomic mass is 35.5. The van der Waals surface area contributed by atoms with Crippen LogP contribution >= 0.6 is 23.8 Å². The molecule has 0 atom stereocenters. The lowest BCUT2D eigenvalue weighted by Crippen LogP contribution is -2.37. The summed E-state index contributed by atoms with van der Waals surface area (Å²) in [6.07, 6.45) is 3.98. The highest BCUT2D eigenvalue weighted by Gasteiger charge is 2.06. The Morgan fingerprint density at radius 3 is 2.88 bits per heavy atom.